The van der Waals surface area contributed by atoms with Crippen LogP contribution in [-0.4, -0.2) is 29.9 Å². The molecule has 2 heterocycles. The van der Waals surface area contributed by atoms with E-state index in [1.54, 1.807) is 18.3 Å². The number of pyridine rings is 1. The number of nitrogens with one attached hydrogen (secondary N) is 1. The van der Waals surface area contributed by atoms with Crippen molar-refractivity contribution >= 4 is 33.4 Å². The largest absolute Gasteiger partial charge is 0.482 e. The lowest BCUT2D eigenvalue weighted by Crippen LogP contribution is -2.45. The van der Waals surface area contributed by atoms with Gasteiger partial charge in [0.15, 0.2) is 6.61 Å². The molecule has 3 rings (SSSR count). The molecule has 1 aromatic heterocycles. The molecule has 0 saturated heterocycles. The zero-order valence-electron chi connectivity index (χ0n) is 13.0. The van der Waals surface area contributed by atoms with Gasteiger partial charge in [0, 0.05) is 10.7 Å². The second-order valence-corrected chi connectivity index (χ2v) is 6.34. The van der Waals surface area contributed by atoms with E-state index in [0.29, 0.717) is 11.4 Å². The van der Waals surface area contributed by atoms with Crippen LogP contribution < -0.4 is 15.0 Å². The van der Waals surface area contributed by atoms with Gasteiger partial charge in [0.05, 0.1) is 17.4 Å². The summed E-state index contributed by atoms with van der Waals surface area (Å²) in [5.41, 5.74) is 1.36. The first kappa shape index (κ1) is 16.4. The van der Waals surface area contributed by atoms with Gasteiger partial charge in [-0.1, -0.05) is 22.0 Å². The number of anilines is 1. The maximum absolute atomic E-state index is 12.3. The number of fused-ring (bicyclic) bond motifs is 1. The van der Waals surface area contributed by atoms with Crippen molar-refractivity contribution < 1.29 is 14.3 Å². The highest BCUT2D eigenvalue weighted by molar-refractivity contribution is 9.10. The molecule has 0 saturated carbocycles. The molecule has 0 bridgehead atoms. The Balaban J connectivity index is 1.71. The third-order valence-corrected chi connectivity index (χ3v) is 4.17. The Morgan fingerprint density at radius 2 is 2.25 bits per heavy atom. The molecule has 124 valence electrons. The number of benzene rings is 1. The third kappa shape index (κ3) is 3.56. The standard InChI is InChI=1S/C17H16BrN3O3/c1-11(13-4-2-3-7-19-13)20-16(22)9-21-14-6-5-12(18)8-15(14)24-10-17(21)23/h2-8,11H,9-10H2,1H3,(H,20,22)/t11-/m1/s1. The van der Waals surface area contributed by atoms with Crippen molar-refractivity contribution in [2.45, 2.75) is 13.0 Å². The summed E-state index contributed by atoms with van der Waals surface area (Å²) in [5, 5.41) is 2.86. The predicted molar refractivity (Wildman–Crippen MR) is 92.8 cm³/mol. The Bertz CT molecular complexity index is 767. The normalized spacial score (nSPS) is 14.6. The smallest absolute Gasteiger partial charge is 0.265 e. The van der Waals surface area contributed by atoms with E-state index >= 15 is 0 Å². The van der Waals surface area contributed by atoms with Gasteiger partial charge in [-0.3, -0.25) is 19.5 Å². The Morgan fingerprint density at radius 1 is 1.42 bits per heavy atom. The van der Waals surface area contributed by atoms with Gasteiger partial charge in [-0.2, -0.15) is 0 Å². The number of halogens is 1. The molecule has 0 radical (unpaired) electrons. The minimum atomic E-state index is -0.253. The number of rotatable bonds is 4. The Morgan fingerprint density at radius 3 is 3.00 bits per heavy atom. The van der Waals surface area contributed by atoms with Crippen LogP contribution in [0.1, 0.15) is 18.7 Å². The van der Waals surface area contributed by atoms with Gasteiger partial charge in [0.1, 0.15) is 12.3 Å². The van der Waals surface area contributed by atoms with Crippen LogP contribution in [0.2, 0.25) is 0 Å². The highest BCUT2D eigenvalue weighted by Crippen LogP contribution is 2.34. The number of nitrogens with zero attached hydrogens (tertiary/aromatic N) is 2. The van der Waals surface area contributed by atoms with E-state index in [1.807, 2.05) is 31.2 Å². The van der Waals surface area contributed by atoms with E-state index in [0.717, 1.165) is 10.2 Å². The second-order valence-electron chi connectivity index (χ2n) is 5.42. The molecule has 0 spiro atoms. The van der Waals surface area contributed by atoms with Crippen LogP contribution in [-0.2, 0) is 9.59 Å². The first-order chi connectivity index (χ1) is 11.5. The van der Waals surface area contributed by atoms with E-state index < -0.39 is 0 Å². The summed E-state index contributed by atoms with van der Waals surface area (Å²) in [6.07, 6.45) is 1.68. The molecular formula is C17H16BrN3O3. The lowest BCUT2D eigenvalue weighted by molar-refractivity contribution is -0.125. The van der Waals surface area contributed by atoms with E-state index in [2.05, 4.69) is 26.2 Å². The first-order valence-corrected chi connectivity index (χ1v) is 8.27. The molecule has 1 aliphatic rings. The molecule has 2 amide bonds. The minimum absolute atomic E-state index is 0.0615. The van der Waals surface area contributed by atoms with E-state index in [9.17, 15) is 9.59 Å². The topological polar surface area (TPSA) is 71.5 Å². The predicted octanol–water partition coefficient (Wildman–Crippen LogP) is 2.45. The minimum Gasteiger partial charge on any atom is -0.482 e. The molecular weight excluding hydrogens is 374 g/mol. The fraction of sp³-hybridized carbons (Fsp3) is 0.235. The fourth-order valence-corrected chi connectivity index (χ4v) is 2.83. The molecule has 2 aromatic rings. The van der Waals surface area contributed by atoms with Crippen molar-refractivity contribution in [2.24, 2.45) is 0 Å². The van der Waals surface area contributed by atoms with Crippen LogP contribution >= 0.6 is 15.9 Å². The first-order valence-electron chi connectivity index (χ1n) is 7.47. The van der Waals surface area contributed by atoms with Crippen molar-refractivity contribution in [1.82, 2.24) is 10.3 Å². The van der Waals surface area contributed by atoms with Crippen LogP contribution in [0.15, 0.2) is 47.1 Å². The van der Waals surface area contributed by atoms with Crippen LogP contribution in [0.3, 0.4) is 0 Å². The number of amides is 2. The Kier molecular flexibility index (Phi) is 4.80. The summed E-state index contributed by atoms with van der Waals surface area (Å²) < 4.78 is 6.27. The summed E-state index contributed by atoms with van der Waals surface area (Å²) in [4.78, 5) is 30.1. The molecule has 1 N–H and O–H groups in total. The van der Waals surface area contributed by atoms with Crippen LogP contribution in [0.25, 0.3) is 0 Å². The third-order valence-electron chi connectivity index (χ3n) is 3.68. The Labute approximate surface area is 148 Å². The summed E-state index contributed by atoms with van der Waals surface area (Å²) in [6.45, 7) is 1.72. The van der Waals surface area contributed by atoms with Crippen molar-refractivity contribution in [3.05, 3.63) is 52.8 Å². The van der Waals surface area contributed by atoms with Gasteiger partial charge in [-0.15, -0.1) is 0 Å². The summed E-state index contributed by atoms with van der Waals surface area (Å²) >= 11 is 3.37. The number of hydrogen-bond donors (Lipinski definition) is 1. The van der Waals surface area contributed by atoms with Crippen LogP contribution in [0.5, 0.6) is 5.75 Å². The molecule has 0 aliphatic carbocycles. The zero-order chi connectivity index (χ0) is 17.1. The molecule has 1 aromatic carbocycles. The molecule has 24 heavy (non-hydrogen) atoms. The Hall–Kier alpha value is -2.41. The highest BCUT2D eigenvalue weighted by atomic mass is 79.9. The number of ether oxygens (including phenoxy) is 1. The van der Waals surface area contributed by atoms with Gasteiger partial charge in [-0.05, 0) is 37.3 Å². The van der Waals surface area contributed by atoms with Crippen molar-refractivity contribution in [3.63, 3.8) is 0 Å². The van der Waals surface area contributed by atoms with E-state index in [1.165, 1.54) is 4.90 Å². The number of carbonyl (C=O) groups excluding carboxylic acids is 2. The fourth-order valence-electron chi connectivity index (χ4n) is 2.49. The van der Waals surface area contributed by atoms with E-state index in [4.69, 9.17) is 4.74 Å². The van der Waals surface area contributed by atoms with Crippen LogP contribution in [0.4, 0.5) is 5.69 Å². The van der Waals surface area contributed by atoms with Crippen molar-refractivity contribution in [1.29, 1.82) is 0 Å². The molecule has 7 heteroatoms. The van der Waals surface area contributed by atoms with Gasteiger partial charge in [-0.25, -0.2) is 0 Å². The summed E-state index contributed by atoms with van der Waals surface area (Å²) in [7, 11) is 0. The quantitative estimate of drug-likeness (QED) is 0.871. The van der Waals surface area contributed by atoms with E-state index in [-0.39, 0.29) is 31.0 Å². The molecule has 0 unspecified atom stereocenters. The maximum atomic E-state index is 12.3. The molecule has 0 fully saturated rings. The maximum Gasteiger partial charge on any atom is 0.265 e. The summed E-state index contributed by atoms with van der Waals surface area (Å²) in [5.74, 6) is 0.0808. The lowest BCUT2D eigenvalue weighted by Gasteiger charge is -2.29. The number of aromatic nitrogens is 1. The molecule has 1 aliphatic heterocycles. The van der Waals surface area contributed by atoms with Gasteiger partial charge >= 0.3 is 0 Å². The highest BCUT2D eigenvalue weighted by Gasteiger charge is 2.27. The number of hydrogen-bond acceptors (Lipinski definition) is 4. The summed E-state index contributed by atoms with van der Waals surface area (Å²) in [6, 6.07) is 10.6. The SMILES string of the molecule is C[C@@H](NC(=O)CN1C(=O)COc2cc(Br)ccc21)c1ccccn1. The second kappa shape index (κ2) is 7.00. The van der Waals surface area contributed by atoms with Crippen molar-refractivity contribution in [3.8, 4) is 5.75 Å². The molecule has 1 atom stereocenters. The van der Waals surface area contributed by atoms with Gasteiger partial charge in [0.2, 0.25) is 5.91 Å². The average Bonchev–Trinajstić information content (AvgIpc) is 2.58. The molecule has 6 nitrogen and oxygen atoms in total. The average molecular weight is 390 g/mol. The van der Waals surface area contributed by atoms with Gasteiger partial charge < -0.3 is 10.1 Å². The zero-order valence-corrected chi connectivity index (χ0v) is 14.6. The van der Waals surface area contributed by atoms with Gasteiger partial charge in [0.25, 0.3) is 5.91 Å². The monoisotopic (exact) mass is 389 g/mol. The number of carbonyl (C=O) groups is 2. The van der Waals surface area contributed by atoms with Crippen LogP contribution in [0, 0.1) is 0 Å². The lowest BCUT2D eigenvalue weighted by atomic mass is 10.2. The van der Waals surface area contributed by atoms with Crippen molar-refractivity contribution in [2.75, 3.05) is 18.1 Å².